The fraction of sp³-hybridized carbons (Fsp3) is 0.650. The number of nitrogens with one attached hydrogen (secondary N) is 1. The number of guanidine groups is 1. The number of piperidine rings is 1. The average molecular weight is 331 g/mol. The zero-order chi connectivity index (χ0) is 17.2. The summed E-state index contributed by atoms with van der Waals surface area (Å²) < 4.78 is 0. The molecule has 0 aliphatic carbocycles. The Bertz CT molecular complexity index is 476. The van der Waals surface area contributed by atoms with E-state index in [4.69, 9.17) is 5.73 Å². The van der Waals surface area contributed by atoms with E-state index in [1.165, 1.54) is 50.9 Å². The van der Waals surface area contributed by atoms with E-state index < -0.39 is 0 Å². The SMILES string of the molecule is CC(C)NC(N)=NCCCCN1CCC(Cc2ccccc2)CC1. The first-order valence-electron chi connectivity index (χ1n) is 9.46. The van der Waals surface area contributed by atoms with Crippen molar-refractivity contribution in [1.29, 1.82) is 0 Å². The second kappa shape index (κ2) is 10.3. The van der Waals surface area contributed by atoms with E-state index >= 15 is 0 Å². The average Bonchev–Trinajstić information content (AvgIpc) is 2.56. The molecule has 1 aromatic rings. The molecule has 0 saturated carbocycles. The topological polar surface area (TPSA) is 53.6 Å². The summed E-state index contributed by atoms with van der Waals surface area (Å²) in [7, 11) is 0. The minimum Gasteiger partial charge on any atom is -0.370 e. The molecule has 1 heterocycles. The Kier molecular flexibility index (Phi) is 8.10. The molecule has 3 N–H and O–H groups in total. The number of unbranched alkanes of at least 4 members (excludes halogenated alkanes) is 1. The predicted octanol–water partition coefficient (Wildman–Crippen LogP) is 3.03. The molecule has 4 heteroatoms. The maximum Gasteiger partial charge on any atom is 0.188 e. The number of aliphatic imine (C=N–C) groups is 1. The molecule has 1 fully saturated rings. The normalized spacial score (nSPS) is 17.4. The van der Waals surface area contributed by atoms with Crippen molar-refractivity contribution in [2.45, 2.75) is 52.0 Å². The smallest absolute Gasteiger partial charge is 0.188 e. The van der Waals surface area contributed by atoms with Crippen molar-refractivity contribution in [3.8, 4) is 0 Å². The van der Waals surface area contributed by atoms with Gasteiger partial charge in [-0.2, -0.15) is 0 Å². The van der Waals surface area contributed by atoms with Crippen molar-refractivity contribution < 1.29 is 0 Å². The van der Waals surface area contributed by atoms with Gasteiger partial charge in [0.15, 0.2) is 5.96 Å². The van der Waals surface area contributed by atoms with Crippen LogP contribution in [0.2, 0.25) is 0 Å². The third-order valence-corrected chi connectivity index (χ3v) is 4.68. The Morgan fingerprint density at radius 1 is 1.21 bits per heavy atom. The van der Waals surface area contributed by atoms with Gasteiger partial charge in [-0.05, 0) is 77.1 Å². The van der Waals surface area contributed by atoms with E-state index in [-0.39, 0.29) is 0 Å². The lowest BCUT2D eigenvalue weighted by Gasteiger charge is -2.32. The zero-order valence-electron chi connectivity index (χ0n) is 15.4. The lowest BCUT2D eigenvalue weighted by Crippen LogP contribution is -2.37. The molecule has 0 bridgehead atoms. The van der Waals surface area contributed by atoms with Gasteiger partial charge in [0.1, 0.15) is 0 Å². The zero-order valence-corrected chi connectivity index (χ0v) is 15.4. The summed E-state index contributed by atoms with van der Waals surface area (Å²) in [6.45, 7) is 8.67. The quantitative estimate of drug-likeness (QED) is 0.438. The summed E-state index contributed by atoms with van der Waals surface area (Å²) in [5.41, 5.74) is 7.29. The Hall–Kier alpha value is -1.55. The van der Waals surface area contributed by atoms with Crippen LogP contribution in [0.1, 0.15) is 45.1 Å². The van der Waals surface area contributed by atoms with Gasteiger partial charge in [0, 0.05) is 12.6 Å². The van der Waals surface area contributed by atoms with Crippen LogP contribution in [0.15, 0.2) is 35.3 Å². The number of hydrogen-bond acceptors (Lipinski definition) is 2. The largest absolute Gasteiger partial charge is 0.370 e. The van der Waals surface area contributed by atoms with Gasteiger partial charge >= 0.3 is 0 Å². The summed E-state index contributed by atoms with van der Waals surface area (Å²) in [4.78, 5) is 6.98. The van der Waals surface area contributed by atoms with Crippen LogP contribution in [-0.2, 0) is 6.42 Å². The highest BCUT2D eigenvalue weighted by Crippen LogP contribution is 2.21. The lowest BCUT2D eigenvalue weighted by atomic mass is 9.90. The predicted molar refractivity (Wildman–Crippen MR) is 103 cm³/mol. The van der Waals surface area contributed by atoms with E-state index in [1.54, 1.807) is 0 Å². The van der Waals surface area contributed by atoms with Gasteiger partial charge in [0.2, 0.25) is 0 Å². The van der Waals surface area contributed by atoms with E-state index in [0.29, 0.717) is 12.0 Å². The molecule has 134 valence electrons. The van der Waals surface area contributed by atoms with Crippen LogP contribution in [0.3, 0.4) is 0 Å². The van der Waals surface area contributed by atoms with Gasteiger partial charge in [-0.15, -0.1) is 0 Å². The molecule has 24 heavy (non-hydrogen) atoms. The molecular formula is C20H34N4. The van der Waals surface area contributed by atoms with Crippen LogP contribution in [0.4, 0.5) is 0 Å². The van der Waals surface area contributed by atoms with Gasteiger partial charge in [0.25, 0.3) is 0 Å². The highest BCUT2D eigenvalue weighted by atomic mass is 15.1. The Morgan fingerprint density at radius 3 is 2.58 bits per heavy atom. The van der Waals surface area contributed by atoms with Crippen molar-refractivity contribution in [2.75, 3.05) is 26.2 Å². The van der Waals surface area contributed by atoms with Crippen LogP contribution in [0.5, 0.6) is 0 Å². The van der Waals surface area contributed by atoms with Crippen LogP contribution < -0.4 is 11.1 Å². The summed E-state index contributed by atoms with van der Waals surface area (Å²) in [5, 5.41) is 3.13. The molecule has 0 unspecified atom stereocenters. The van der Waals surface area contributed by atoms with Crippen LogP contribution in [0.25, 0.3) is 0 Å². The number of likely N-dealkylation sites (tertiary alicyclic amines) is 1. The van der Waals surface area contributed by atoms with Crippen molar-refractivity contribution in [2.24, 2.45) is 16.6 Å². The second-order valence-electron chi connectivity index (χ2n) is 7.25. The third kappa shape index (κ3) is 7.35. The summed E-state index contributed by atoms with van der Waals surface area (Å²) in [5.74, 6) is 1.43. The summed E-state index contributed by atoms with van der Waals surface area (Å²) >= 11 is 0. The molecule has 1 saturated heterocycles. The van der Waals surface area contributed by atoms with Crippen LogP contribution >= 0.6 is 0 Å². The number of hydrogen-bond donors (Lipinski definition) is 2. The molecule has 1 aromatic carbocycles. The highest BCUT2D eigenvalue weighted by molar-refractivity contribution is 5.77. The summed E-state index contributed by atoms with van der Waals surface area (Å²) in [6.07, 6.45) is 6.23. The standard InChI is InChI=1S/C20H34N4/c1-17(2)23-20(21)22-12-6-7-13-24-14-10-19(11-15-24)16-18-8-4-3-5-9-18/h3-5,8-9,17,19H,6-7,10-16H2,1-2H3,(H3,21,22,23). The van der Waals surface area contributed by atoms with Crippen molar-refractivity contribution in [1.82, 2.24) is 10.2 Å². The molecule has 0 spiro atoms. The fourth-order valence-corrected chi connectivity index (χ4v) is 3.35. The molecule has 0 atom stereocenters. The molecule has 4 nitrogen and oxygen atoms in total. The molecule has 0 radical (unpaired) electrons. The molecule has 1 aliphatic heterocycles. The summed E-state index contributed by atoms with van der Waals surface area (Å²) in [6, 6.07) is 11.3. The van der Waals surface area contributed by atoms with Gasteiger partial charge in [-0.3, -0.25) is 4.99 Å². The van der Waals surface area contributed by atoms with E-state index in [9.17, 15) is 0 Å². The number of nitrogens with zero attached hydrogens (tertiary/aromatic N) is 2. The van der Waals surface area contributed by atoms with Gasteiger partial charge in [0.05, 0.1) is 0 Å². The molecule has 2 rings (SSSR count). The first-order chi connectivity index (χ1) is 11.6. The first-order valence-corrected chi connectivity index (χ1v) is 9.46. The van der Waals surface area contributed by atoms with Gasteiger partial charge in [-0.25, -0.2) is 0 Å². The minimum absolute atomic E-state index is 0.353. The van der Waals surface area contributed by atoms with Gasteiger partial charge < -0.3 is 16.0 Å². The van der Waals surface area contributed by atoms with Crippen molar-refractivity contribution in [3.05, 3.63) is 35.9 Å². The van der Waals surface area contributed by atoms with Crippen LogP contribution in [0, 0.1) is 5.92 Å². The monoisotopic (exact) mass is 330 g/mol. The maximum atomic E-state index is 5.81. The number of rotatable bonds is 8. The van der Waals surface area contributed by atoms with E-state index in [1.807, 2.05) is 0 Å². The molecule has 0 amide bonds. The Morgan fingerprint density at radius 2 is 1.92 bits per heavy atom. The number of nitrogens with two attached hydrogens (primary N) is 1. The Labute approximate surface area is 147 Å². The molecule has 0 aromatic heterocycles. The fourth-order valence-electron chi connectivity index (χ4n) is 3.35. The van der Waals surface area contributed by atoms with Gasteiger partial charge in [-0.1, -0.05) is 30.3 Å². The molecule has 1 aliphatic rings. The number of benzene rings is 1. The first kappa shape index (κ1) is 18.8. The molecular weight excluding hydrogens is 296 g/mol. The van der Waals surface area contributed by atoms with E-state index in [0.717, 1.165) is 18.9 Å². The third-order valence-electron chi connectivity index (χ3n) is 4.68. The van der Waals surface area contributed by atoms with Crippen molar-refractivity contribution >= 4 is 5.96 Å². The van der Waals surface area contributed by atoms with Crippen LogP contribution in [-0.4, -0.2) is 43.1 Å². The highest BCUT2D eigenvalue weighted by Gasteiger charge is 2.18. The van der Waals surface area contributed by atoms with Crippen molar-refractivity contribution in [3.63, 3.8) is 0 Å². The minimum atomic E-state index is 0.353. The Balaban J connectivity index is 1.55. The lowest BCUT2D eigenvalue weighted by molar-refractivity contribution is 0.181. The maximum absolute atomic E-state index is 5.81. The van der Waals surface area contributed by atoms with E-state index in [2.05, 4.69) is 59.4 Å². The second-order valence-corrected chi connectivity index (χ2v) is 7.25.